The van der Waals surface area contributed by atoms with Gasteiger partial charge < -0.3 is 0 Å². The fourth-order valence-electron chi connectivity index (χ4n) is 2.15. The fourth-order valence-corrected chi connectivity index (χ4v) is 3.69. The number of rotatable bonds is 12. The molecule has 0 aromatic rings. The van der Waals surface area contributed by atoms with Crippen LogP contribution in [0.25, 0.3) is 0 Å². The van der Waals surface area contributed by atoms with Gasteiger partial charge in [-0.15, -0.1) is 0 Å². The van der Waals surface area contributed by atoms with E-state index in [1.54, 1.807) is 0 Å². The molecule has 4 nitrogen and oxygen atoms in total. The van der Waals surface area contributed by atoms with Crippen LogP contribution in [0.3, 0.4) is 0 Å². The molecule has 0 saturated heterocycles. The average molecular weight is 405 g/mol. The summed E-state index contributed by atoms with van der Waals surface area (Å²) in [4.78, 5) is 23.8. The Kier molecular flexibility index (Phi) is 13.2. The summed E-state index contributed by atoms with van der Waals surface area (Å²) < 4.78 is 10.5. The van der Waals surface area contributed by atoms with Gasteiger partial charge in [-0.05, 0) is 0 Å². The van der Waals surface area contributed by atoms with E-state index in [4.69, 9.17) is 6.15 Å². The molecule has 0 aliphatic heterocycles. The van der Waals surface area contributed by atoms with Crippen LogP contribution >= 0.6 is 0 Å². The molecule has 0 aliphatic carbocycles. The molecule has 0 amide bonds. The molecule has 0 bridgehead atoms. The molecule has 0 rings (SSSR count). The number of hydrogen-bond acceptors (Lipinski definition) is 4. The predicted molar refractivity (Wildman–Crippen MR) is 84.6 cm³/mol. The zero-order chi connectivity index (χ0) is 16.1. The molecule has 2 radical (unpaired) electrons. The van der Waals surface area contributed by atoms with Crippen molar-refractivity contribution in [2.24, 2.45) is 11.8 Å². The van der Waals surface area contributed by atoms with Crippen LogP contribution in [0.2, 0.25) is 0 Å². The molecule has 0 heterocycles. The van der Waals surface area contributed by atoms with Crippen LogP contribution in [0, 0.1) is 11.8 Å². The van der Waals surface area contributed by atoms with Gasteiger partial charge in [0.25, 0.3) is 0 Å². The third-order valence-corrected chi connectivity index (χ3v) is 5.37. The van der Waals surface area contributed by atoms with Gasteiger partial charge >= 0.3 is 141 Å². The van der Waals surface area contributed by atoms with E-state index in [2.05, 4.69) is 13.8 Å². The summed E-state index contributed by atoms with van der Waals surface area (Å²) in [5, 5.41) is 0. The van der Waals surface area contributed by atoms with Crippen LogP contribution in [0.4, 0.5) is 0 Å². The Bertz CT molecular complexity index is 266. The molecular weight excluding hydrogens is 375 g/mol. The van der Waals surface area contributed by atoms with Gasteiger partial charge in [0.1, 0.15) is 0 Å². The van der Waals surface area contributed by atoms with Crippen molar-refractivity contribution < 1.29 is 15.7 Å². The van der Waals surface area contributed by atoms with E-state index in [1.807, 2.05) is 13.8 Å². The minimum absolute atomic E-state index is 0.0355. The van der Waals surface area contributed by atoms with Crippen LogP contribution < -0.4 is 0 Å². The summed E-state index contributed by atoms with van der Waals surface area (Å²) in [6.07, 6.45) is 7.55. The van der Waals surface area contributed by atoms with Crippen LogP contribution in [0.5, 0.6) is 0 Å². The minimum atomic E-state index is -1.82. The van der Waals surface area contributed by atoms with E-state index in [1.165, 1.54) is 0 Å². The standard InChI is InChI=1S/2C8H16O2.Sn/c2*1-3-5-6-7(4-2)8(9)10;/h2*7H,3-6H2,1-2H3,(H,9,10);/q;;+2/p-2/t2*7-;/m10./s1. The molecule has 0 aromatic heterocycles. The van der Waals surface area contributed by atoms with Crippen molar-refractivity contribution in [3.63, 3.8) is 0 Å². The Morgan fingerprint density at radius 2 is 1.19 bits per heavy atom. The molecule has 0 saturated carbocycles. The second-order valence-electron chi connectivity index (χ2n) is 5.42. The number of carbonyl (C=O) groups excluding carboxylic acids is 2. The van der Waals surface area contributed by atoms with E-state index in [0.717, 1.165) is 51.4 Å². The van der Waals surface area contributed by atoms with Crippen molar-refractivity contribution in [2.75, 3.05) is 0 Å². The maximum absolute atomic E-state index is 11.9. The maximum atomic E-state index is 11.9. The zero-order valence-electron chi connectivity index (χ0n) is 13.9. The fraction of sp³-hybridized carbons (Fsp3) is 0.875. The molecular formula is C16H30O4Sn. The number of carbonyl (C=O) groups is 2. The first kappa shape index (κ1) is 20.7. The summed E-state index contributed by atoms with van der Waals surface area (Å²) in [5.41, 5.74) is 0. The molecule has 0 N–H and O–H groups in total. The van der Waals surface area contributed by atoms with Gasteiger partial charge in [0.15, 0.2) is 0 Å². The summed E-state index contributed by atoms with van der Waals surface area (Å²) in [5.74, 6) is -0.419. The van der Waals surface area contributed by atoms with Crippen LogP contribution in [0.15, 0.2) is 0 Å². The molecule has 2 atom stereocenters. The first-order valence-electron chi connectivity index (χ1n) is 8.26. The van der Waals surface area contributed by atoms with E-state index in [9.17, 15) is 9.59 Å². The molecule has 122 valence electrons. The third-order valence-electron chi connectivity index (χ3n) is 3.75. The van der Waals surface area contributed by atoms with E-state index < -0.39 is 22.0 Å². The van der Waals surface area contributed by atoms with Crippen LogP contribution in [0.1, 0.15) is 79.1 Å². The Balaban J connectivity index is 4.04. The van der Waals surface area contributed by atoms with E-state index in [0.29, 0.717) is 0 Å². The number of unbranched alkanes of at least 4 members (excludes halogenated alkanes) is 2. The Morgan fingerprint density at radius 1 is 0.810 bits per heavy atom. The predicted octanol–water partition coefficient (Wildman–Crippen LogP) is 4.04. The topological polar surface area (TPSA) is 52.6 Å². The summed E-state index contributed by atoms with van der Waals surface area (Å²) >= 11 is -1.82. The van der Waals surface area contributed by atoms with Gasteiger partial charge in [0.2, 0.25) is 0 Å². The molecule has 21 heavy (non-hydrogen) atoms. The van der Waals surface area contributed by atoms with Crippen molar-refractivity contribution in [3.8, 4) is 0 Å². The first-order valence-corrected chi connectivity index (χ1v) is 10.6. The van der Waals surface area contributed by atoms with Crippen molar-refractivity contribution >= 4 is 33.9 Å². The normalized spacial score (nSPS) is 13.5. The van der Waals surface area contributed by atoms with Gasteiger partial charge in [0, 0.05) is 0 Å². The second-order valence-corrected chi connectivity index (χ2v) is 7.06. The molecule has 0 aromatic carbocycles. The SMILES string of the molecule is CCCC[C@@H](CC)C(=O)[O][Sn][O]C(=O)[C@@H](CC)CCCC. The van der Waals surface area contributed by atoms with Gasteiger partial charge in [0.05, 0.1) is 0 Å². The zero-order valence-corrected chi connectivity index (χ0v) is 16.8. The summed E-state index contributed by atoms with van der Waals surface area (Å²) in [6, 6.07) is 0. The molecule has 0 spiro atoms. The van der Waals surface area contributed by atoms with Crippen LogP contribution in [-0.2, 0) is 15.7 Å². The third kappa shape index (κ3) is 9.38. The molecule has 0 aliphatic rings. The van der Waals surface area contributed by atoms with Crippen molar-refractivity contribution in [3.05, 3.63) is 0 Å². The van der Waals surface area contributed by atoms with E-state index in [-0.39, 0.29) is 23.8 Å². The Hall–Kier alpha value is -0.261. The van der Waals surface area contributed by atoms with Gasteiger partial charge in [-0.25, -0.2) is 0 Å². The van der Waals surface area contributed by atoms with Crippen molar-refractivity contribution in [2.45, 2.75) is 79.1 Å². The summed E-state index contributed by atoms with van der Waals surface area (Å²) in [7, 11) is 0. The van der Waals surface area contributed by atoms with Crippen molar-refractivity contribution in [1.29, 1.82) is 0 Å². The van der Waals surface area contributed by atoms with Gasteiger partial charge in [-0.2, -0.15) is 0 Å². The first-order chi connectivity index (χ1) is 10.1. The Morgan fingerprint density at radius 3 is 1.48 bits per heavy atom. The second kappa shape index (κ2) is 13.4. The molecule has 0 fully saturated rings. The Labute approximate surface area is 140 Å². The van der Waals surface area contributed by atoms with Crippen molar-refractivity contribution in [1.82, 2.24) is 0 Å². The van der Waals surface area contributed by atoms with Crippen LogP contribution in [-0.4, -0.2) is 33.9 Å². The quantitative estimate of drug-likeness (QED) is 0.460. The molecule has 5 heteroatoms. The van der Waals surface area contributed by atoms with E-state index >= 15 is 0 Å². The molecule has 0 unspecified atom stereocenters. The summed E-state index contributed by atoms with van der Waals surface area (Å²) in [6.45, 7) is 8.21. The monoisotopic (exact) mass is 406 g/mol. The van der Waals surface area contributed by atoms with Gasteiger partial charge in [-0.1, -0.05) is 0 Å². The average Bonchev–Trinajstić information content (AvgIpc) is 2.48. The van der Waals surface area contributed by atoms with Gasteiger partial charge in [-0.3, -0.25) is 0 Å². The number of hydrogen-bond donors (Lipinski definition) is 0.